The van der Waals surface area contributed by atoms with E-state index in [1.54, 1.807) is 0 Å². The fourth-order valence-corrected chi connectivity index (χ4v) is 2.31. The molecule has 1 atom stereocenters. The fraction of sp³-hybridized carbons (Fsp3) is 0.417. The highest BCUT2D eigenvalue weighted by atomic mass is 35.5. The summed E-state index contributed by atoms with van der Waals surface area (Å²) in [7, 11) is -3.39. The van der Waals surface area contributed by atoms with Crippen molar-refractivity contribution in [2.45, 2.75) is 13.3 Å². The van der Waals surface area contributed by atoms with E-state index in [9.17, 15) is 13.2 Å². The van der Waals surface area contributed by atoms with Gasteiger partial charge < -0.3 is 11.1 Å². The predicted octanol–water partition coefficient (Wildman–Crippen LogP) is 1.63. The van der Waals surface area contributed by atoms with Crippen LogP contribution >= 0.6 is 11.6 Å². The number of amides is 1. The number of rotatable bonds is 6. The third-order valence-corrected chi connectivity index (χ3v) is 3.61. The third kappa shape index (κ3) is 4.99. The molecule has 0 fully saturated rings. The van der Waals surface area contributed by atoms with Gasteiger partial charge in [-0.15, -0.1) is 0 Å². The summed E-state index contributed by atoms with van der Waals surface area (Å²) >= 11 is 5.98. The average molecular weight is 320 g/mol. The highest BCUT2D eigenvalue weighted by Crippen LogP contribution is 2.26. The van der Waals surface area contributed by atoms with Crippen LogP contribution in [0.1, 0.15) is 13.3 Å². The van der Waals surface area contributed by atoms with E-state index in [0.717, 1.165) is 6.26 Å². The van der Waals surface area contributed by atoms with E-state index in [2.05, 4.69) is 10.0 Å². The van der Waals surface area contributed by atoms with E-state index in [-0.39, 0.29) is 18.4 Å². The number of anilines is 2. The molecule has 0 saturated heterocycles. The van der Waals surface area contributed by atoms with E-state index in [1.165, 1.54) is 18.2 Å². The van der Waals surface area contributed by atoms with Crippen molar-refractivity contribution >= 4 is 38.9 Å². The second kappa shape index (κ2) is 6.92. The Balaban J connectivity index is 2.95. The van der Waals surface area contributed by atoms with E-state index in [1.807, 2.05) is 6.92 Å². The molecule has 1 unspecified atom stereocenters. The van der Waals surface area contributed by atoms with Crippen LogP contribution in [-0.2, 0) is 14.8 Å². The van der Waals surface area contributed by atoms with Crippen molar-refractivity contribution < 1.29 is 13.2 Å². The van der Waals surface area contributed by atoms with Gasteiger partial charge in [0, 0.05) is 6.54 Å². The van der Waals surface area contributed by atoms with Gasteiger partial charge in [0.15, 0.2) is 0 Å². The molecule has 1 aromatic rings. The number of carbonyl (C=O) groups excluding carboxylic acids is 1. The molecular formula is C12H18ClN3O3S. The first-order valence-electron chi connectivity index (χ1n) is 6.05. The molecule has 0 saturated carbocycles. The lowest BCUT2D eigenvalue weighted by Crippen LogP contribution is -2.28. The molecule has 4 N–H and O–H groups in total. The molecule has 0 aliphatic rings. The zero-order valence-corrected chi connectivity index (χ0v) is 12.9. The van der Waals surface area contributed by atoms with Crippen molar-refractivity contribution in [1.82, 2.24) is 0 Å². The van der Waals surface area contributed by atoms with E-state index < -0.39 is 10.0 Å². The molecule has 0 spiro atoms. The maximum absolute atomic E-state index is 11.9. The van der Waals surface area contributed by atoms with Gasteiger partial charge in [-0.05, 0) is 24.6 Å². The number of hydrogen-bond acceptors (Lipinski definition) is 4. The smallest absolute Gasteiger partial charge is 0.229 e. The molecule has 0 heterocycles. The van der Waals surface area contributed by atoms with Crippen LogP contribution < -0.4 is 15.8 Å². The average Bonchev–Trinajstić information content (AvgIpc) is 2.33. The Kier molecular flexibility index (Phi) is 5.79. The van der Waals surface area contributed by atoms with E-state index in [0.29, 0.717) is 22.8 Å². The monoisotopic (exact) mass is 319 g/mol. The summed E-state index contributed by atoms with van der Waals surface area (Å²) in [6.45, 7) is 2.10. The molecule has 112 valence electrons. The molecule has 8 heteroatoms. The molecule has 0 aromatic heterocycles. The summed E-state index contributed by atoms with van der Waals surface area (Å²) in [5.74, 6) is -0.550. The maximum atomic E-state index is 11.9. The van der Waals surface area contributed by atoms with Gasteiger partial charge in [-0.1, -0.05) is 18.5 Å². The Labute approximate surface area is 123 Å². The molecule has 1 amide bonds. The van der Waals surface area contributed by atoms with Crippen molar-refractivity contribution in [3.05, 3.63) is 23.2 Å². The topological polar surface area (TPSA) is 101 Å². The van der Waals surface area contributed by atoms with Gasteiger partial charge in [-0.2, -0.15) is 0 Å². The number of benzene rings is 1. The number of halogens is 1. The zero-order chi connectivity index (χ0) is 15.3. The molecule has 0 radical (unpaired) electrons. The van der Waals surface area contributed by atoms with Crippen LogP contribution in [0.2, 0.25) is 5.02 Å². The molecule has 6 nitrogen and oxygen atoms in total. The van der Waals surface area contributed by atoms with E-state index >= 15 is 0 Å². The minimum Gasteiger partial charge on any atom is -0.330 e. The van der Waals surface area contributed by atoms with Crippen LogP contribution in [0, 0.1) is 5.92 Å². The Morgan fingerprint density at radius 1 is 1.45 bits per heavy atom. The molecule has 0 aliphatic heterocycles. The summed E-state index contributed by atoms with van der Waals surface area (Å²) in [4.78, 5) is 11.9. The minimum absolute atomic E-state index is 0.237. The normalized spacial score (nSPS) is 12.8. The van der Waals surface area contributed by atoms with Crippen molar-refractivity contribution in [2.24, 2.45) is 11.7 Å². The molecular weight excluding hydrogens is 302 g/mol. The second-order valence-electron chi connectivity index (χ2n) is 4.40. The number of sulfonamides is 1. The Bertz CT molecular complexity index is 586. The van der Waals surface area contributed by atoms with Crippen LogP contribution in [0.5, 0.6) is 0 Å². The molecule has 1 aromatic carbocycles. The van der Waals surface area contributed by atoms with Crippen molar-refractivity contribution in [2.75, 3.05) is 22.8 Å². The standard InChI is InChI=1S/C12H18ClN3O3S/c1-3-8(7-14)12(17)15-11-6-9(4-5-10(11)13)16-20(2,18)19/h4-6,8,16H,3,7,14H2,1-2H3,(H,15,17). The Morgan fingerprint density at radius 3 is 2.60 bits per heavy atom. The highest BCUT2D eigenvalue weighted by Gasteiger charge is 2.16. The zero-order valence-electron chi connectivity index (χ0n) is 11.3. The lowest BCUT2D eigenvalue weighted by molar-refractivity contribution is -0.119. The van der Waals surface area contributed by atoms with Crippen molar-refractivity contribution in [1.29, 1.82) is 0 Å². The van der Waals surface area contributed by atoms with Gasteiger partial charge in [-0.3, -0.25) is 9.52 Å². The van der Waals surface area contributed by atoms with Gasteiger partial charge in [0.2, 0.25) is 15.9 Å². The molecule has 1 rings (SSSR count). The third-order valence-electron chi connectivity index (χ3n) is 2.68. The van der Waals surface area contributed by atoms with Crippen LogP contribution in [0.15, 0.2) is 18.2 Å². The van der Waals surface area contributed by atoms with Gasteiger partial charge >= 0.3 is 0 Å². The fourth-order valence-electron chi connectivity index (χ4n) is 1.59. The maximum Gasteiger partial charge on any atom is 0.229 e. The highest BCUT2D eigenvalue weighted by molar-refractivity contribution is 7.92. The molecule has 0 aliphatic carbocycles. The lowest BCUT2D eigenvalue weighted by atomic mass is 10.1. The second-order valence-corrected chi connectivity index (χ2v) is 6.55. The first-order chi connectivity index (χ1) is 9.26. The summed E-state index contributed by atoms with van der Waals surface area (Å²) < 4.78 is 24.7. The summed E-state index contributed by atoms with van der Waals surface area (Å²) in [5.41, 5.74) is 6.18. The summed E-state index contributed by atoms with van der Waals surface area (Å²) in [5, 5.41) is 2.98. The summed E-state index contributed by atoms with van der Waals surface area (Å²) in [6.07, 6.45) is 1.66. The van der Waals surface area contributed by atoms with Crippen LogP contribution in [-0.4, -0.2) is 27.1 Å². The summed E-state index contributed by atoms with van der Waals surface area (Å²) in [6, 6.07) is 4.48. The molecule has 0 bridgehead atoms. The lowest BCUT2D eigenvalue weighted by Gasteiger charge is -2.14. The van der Waals surface area contributed by atoms with Gasteiger partial charge in [0.1, 0.15) is 0 Å². The van der Waals surface area contributed by atoms with E-state index in [4.69, 9.17) is 17.3 Å². The Morgan fingerprint density at radius 2 is 2.10 bits per heavy atom. The number of nitrogens with one attached hydrogen (secondary N) is 2. The molecule has 20 heavy (non-hydrogen) atoms. The van der Waals surface area contributed by atoms with Crippen molar-refractivity contribution in [3.63, 3.8) is 0 Å². The first kappa shape index (κ1) is 16.7. The van der Waals surface area contributed by atoms with Gasteiger partial charge in [0.25, 0.3) is 0 Å². The quantitative estimate of drug-likeness (QED) is 0.741. The van der Waals surface area contributed by atoms with Crippen LogP contribution in [0.25, 0.3) is 0 Å². The first-order valence-corrected chi connectivity index (χ1v) is 8.32. The number of carbonyl (C=O) groups is 1. The largest absolute Gasteiger partial charge is 0.330 e. The Hall–Kier alpha value is -1.31. The van der Waals surface area contributed by atoms with Gasteiger partial charge in [0.05, 0.1) is 28.6 Å². The number of nitrogens with two attached hydrogens (primary N) is 1. The minimum atomic E-state index is -3.39. The van der Waals surface area contributed by atoms with Gasteiger partial charge in [-0.25, -0.2) is 8.42 Å². The predicted molar refractivity (Wildman–Crippen MR) is 81.4 cm³/mol. The van der Waals surface area contributed by atoms with Crippen LogP contribution in [0.4, 0.5) is 11.4 Å². The SMILES string of the molecule is CCC(CN)C(=O)Nc1cc(NS(C)(=O)=O)ccc1Cl. The van der Waals surface area contributed by atoms with Crippen LogP contribution in [0.3, 0.4) is 0 Å². The van der Waals surface area contributed by atoms with Crippen molar-refractivity contribution in [3.8, 4) is 0 Å². The number of hydrogen-bond donors (Lipinski definition) is 3.